The van der Waals surface area contributed by atoms with E-state index in [1.54, 1.807) is 0 Å². The third kappa shape index (κ3) is 5.09. The number of carbonyl (C=O) groups is 1. The normalized spacial score (nSPS) is 10.8. The molecule has 1 N–H and O–H groups in total. The molecule has 0 unspecified atom stereocenters. The highest BCUT2D eigenvalue weighted by Crippen LogP contribution is 2.24. The Morgan fingerprint density at radius 1 is 1.25 bits per heavy atom. The molecule has 0 atom stereocenters. The summed E-state index contributed by atoms with van der Waals surface area (Å²) in [7, 11) is 0. The standard InChI is InChI=1S/C18H26N4OS/c1-4-6-7-11-19-16(23)13-24-18-21-20-17(22(18)5-2)15-10-8-9-14(3)12-15/h8-10,12H,4-7,11,13H2,1-3H3,(H,19,23). The molecule has 1 amide bonds. The lowest BCUT2D eigenvalue weighted by atomic mass is 10.1. The highest BCUT2D eigenvalue weighted by molar-refractivity contribution is 7.99. The minimum absolute atomic E-state index is 0.0545. The maximum atomic E-state index is 11.9. The second kappa shape index (κ2) is 9.47. The molecule has 0 aliphatic heterocycles. The van der Waals surface area contributed by atoms with E-state index in [2.05, 4.69) is 53.0 Å². The number of nitrogens with zero attached hydrogens (tertiary/aromatic N) is 3. The van der Waals surface area contributed by atoms with Crippen LogP contribution in [-0.4, -0.2) is 33.0 Å². The number of unbranched alkanes of at least 4 members (excludes halogenated alkanes) is 2. The SMILES string of the molecule is CCCCCNC(=O)CSc1nnc(-c2cccc(C)c2)n1CC. The molecule has 5 nitrogen and oxygen atoms in total. The predicted octanol–water partition coefficient (Wildman–Crippen LogP) is 3.67. The largest absolute Gasteiger partial charge is 0.355 e. The smallest absolute Gasteiger partial charge is 0.230 e. The van der Waals surface area contributed by atoms with Crippen molar-refractivity contribution < 1.29 is 4.79 Å². The van der Waals surface area contributed by atoms with Crippen LogP contribution in [0.25, 0.3) is 11.4 Å². The van der Waals surface area contributed by atoms with Crippen molar-refractivity contribution in [3.63, 3.8) is 0 Å². The fourth-order valence-electron chi connectivity index (χ4n) is 2.46. The zero-order chi connectivity index (χ0) is 17.4. The van der Waals surface area contributed by atoms with E-state index in [9.17, 15) is 4.79 Å². The van der Waals surface area contributed by atoms with Gasteiger partial charge in [0.05, 0.1) is 5.75 Å². The molecule has 2 rings (SSSR count). The summed E-state index contributed by atoms with van der Waals surface area (Å²) in [5.41, 5.74) is 2.25. The highest BCUT2D eigenvalue weighted by Gasteiger charge is 2.14. The number of nitrogens with one attached hydrogen (secondary N) is 1. The Balaban J connectivity index is 1.98. The van der Waals surface area contributed by atoms with Gasteiger partial charge < -0.3 is 9.88 Å². The Hall–Kier alpha value is -1.82. The maximum absolute atomic E-state index is 11.9. The average molecular weight is 347 g/mol. The number of hydrogen-bond acceptors (Lipinski definition) is 4. The number of aryl methyl sites for hydroxylation is 1. The zero-order valence-corrected chi connectivity index (χ0v) is 15.5. The van der Waals surface area contributed by atoms with Gasteiger partial charge in [0.2, 0.25) is 5.91 Å². The second-order valence-electron chi connectivity index (χ2n) is 5.77. The van der Waals surface area contributed by atoms with E-state index in [0.717, 1.165) is 48.9 Å². The number of hydrogen-bond donors (Lipinski definition) is 1. The van der Waals surface area contributed by atoms with Crippen LogP contribution in [0.2, 0.25) is 0 Å². The van der Waals surface area contributed by atoms with Crippen molar-refractivity contribution in [1.82, 2.24) is 20.1 Å². The first kappa shape index (κ1) is 18.5. The van der Waals surface area contributed by atoms with Gasteiger partial charge in [-0.2, -0.15) is 0 Å². The Bertz CT molecular complexity index is 669. The van der Waals surface area contributed by atoms with Crippen LogP contribution in [0.4, 0.5) is 0 Å². The third-order valence-corrected chi connectivity index (χ3v) is 4.71. The van der Waals surface area contributed by atoms with Crippen molar-refractivity contribution in [2.75, 3.05) is 12.3 Å². The molecule has 0 fully saturated rings. The molecule has 6 heteroatoms. The number of thioether (sulfide) groups is 1. The Morgan fingerprint density at radius 3 is 2.79 bits per heavy atom. The van der Waals surface area contributed by atoms with Crippen molar-refractivity contribution in [3.8, 4) is 11.4 Å². The van der Waals surface area contributed by atoms with Crippen LogP contribution in [0.15, 0.2) is 29.4 Å². The van der Waals surface area contributed by atoms with Gasteiger partial charge in [-0.1, -0.05) is 55.3 Å². The van der Waals surface area contributed by atoms with E-state index >= 15 is 0 Å². The molecular formula is C18H26N4OS. The van der Waals surface area contributed by atoms with Gasteiger partial charge in [0, 0.05) is 18.7 Å². The van der Waals surface area contributed by atoms with Crippen LogP contribution in [0.3, 0.4) is 0 Å². The fraction of sp³-hybridized carbons (Fsp3) is 0.500. The van der Waals surface area contributed by atoms with Gasteiger partial charge in [-0.15, -0.1) is 10.2 Å². The summed E-state index contributed by atoms with van der Waals surface area (Å²) in [6.45, 7) is 7.81. The minimum atomic E-state index is 0.0545. The van der Waals surface area contributed by atoms with Crippen LogP contribution >= 0.6 is 11.8 Å². The van der Waals surface area contributed by atoms with E-state index < -0.39 is 0 Å². The number of benzene rings is 1. The molecule has 0 spiro atoms. The monoisotopic (exact) mass is 346 g/mol. The van der Waals surface area contributed by atoms with Gasteiger partial charge in [0.25, 0.3) is 0 Å². The molecule has 0 saturated heterocycles. The number of carbonyl (C=O) groups excluding carboxylic acids is 1. The van der Waals surface area contributed by atoms with Gasteiger partial charge >= 0.3 is 0 Å². The van der Waals surface area contributed by atoms with Crippen molar-refractivity contribution in [2.45, 2.75) is 51.7 Å². The summed E-state index contributed by atoms with van der Waals surface area (Å²) in [6.07, 6.45) is 3.35. The minimum Gasteiger partial charge on any atom is -0.355 e. The average Bonchev–Trinajstić information content (AvgIpc) is 3.00. The van der Waals surface area contributed by atoms with Crippen LogP contribution in [0.5, 0.6) is 0 Å². The van der Waals surface area contributed by atoms with Crippen molar-refractivity contribution >= 4 is 17.7 Å². The van der Waals surface area contributed by atoms with E-state index in [4.69, 9.17) is 0 Å². The molecule has 0 aliphatic carbocycles. The molecule has 0 bridgehead atoms. The number of amides is 1. The Kier molecular flexibility index (Phi) is 7.31. The van der Waals surface area contributed by atoms with Gasteiger partial charge in [-0.05, 0) is 26.3 Å². The first-order valence-electron chi connectivity index (χ1n) is 8.55. The number of aromatic nitrogens is 3. The highest BCUT2D eigenvalue weighted by atomic mass is 32.2. The maximum Gasteiger partial charge on any atom is 0.230 e. The first-order chi connectivity index (χ1) is 11.7. The van der Waals surface area contributed by atoms with Gasteiger partial charge in [0.1, 0.15) is 0 Å². The summed E-state index contributed by atoms with van der Waals surface area (Å²) in [4.78, 5) is 11.9. The third-order valence-electron chi connectivity index (χ3n) is 3.74. The summed E-state index contributed by atoms with van der Waals surface area (Å²) in [5.74, 6) is 1.28. The lowest BCUT2D eigenvalue weighted by Gasteiger charge is -2.08. The molecule has 1 aromatic heterocycles. The van der Waals surface area contributed by atoms with Gasteiger partial charge in [0.15, 0.2) is 11.0 Å². The fourth-order valence-corrected chi connectivity index (χ4v) is 3.29. The molecule has 0 radical (unpaired) electrons. The molecule has 130 valence electrons. The van der Waals surface area contributed by atoms with Crippen molar-refractivity contribution in [1.29, 1.82) is 0 Å². The summed E-state index contributed by atoms with van der Waals surface area (Å²) < 4.78 is 2.06. The predicted molar refractivity (Wildman–Crippen MR) is 99.1 cm³/mol. The molecule has 24 heavy (non-hydrogen) atoms. The quantitative estimate of drug-likeness (QED) is 0.556. The zero-order valence-electron chi connectivity index (χ0n) is 14.7. The van der Waals surface area contributed by atoms with Crippen LogP contribution in [0.1, 0.15) is 38.7 Å². The van der Waals surface area contributed by atoms with Crippen LogP contribution in [-0.2, 0) is 11.3 Å². The molecule has 1 heterocycles. The molecular weight excluding hydrogens is 320 g/mol. The van der Waals surface area contributed by atoms with Crippen molar-refractivity contribution in [2.24, 2.45) is 0 Å². The number of rotatable bonds is 9. The lowest BCUT2D eigenvalue weighted by Crippen LogP contribution is -2.26. The van der Waals surface area contributed by atoms with Gasteiger partial charge in [-0.3, -0.25) is 4.79 Å². The van der Waals surface area contributed by atoms with E-state index in [0.29, 0.717) is 5.75 Å². The molecule has 2 aromatic rings. The van der Waals surface area contributed by atoms with E-state index in [-0.39, 0.29) is 5.91 Å². The topological polar surface area (TPSA) is 59.8 Å². The lowest BCUT2D eigenvalue weighted by molar-refractivity contribution is -0.118. The Labute approximate surface area is 148 Å². The molecule has 1 aromatic carbocycles. The summed E-state index contributed by atoms with van der Waals surface area (Å²) in [5, 5.41) is 12.3. The Morgan fingerprint density at radius 2 is 2.08 bits per heavy atom. The summed E-state index contributed by atoms with van der Waals surface area (Å²) in [6, 6.07) is 8.23. The van der Waals surface area contributed by atoms with Crippen molar-refractivity contribution in [3.05, 3.63) is 29.8 Å². The van der Waals surface area contributed by atoms with Crippen LogP contribution in [0, 0.1) is 6.92 Å². The summed E-state index contributed by atoms with van der Waals surface area (Å²) >= 11 is 1.44. The molecule has 0 saturated carbocycles. The second-order valence-corrected chi connectivity index (χ2v) is 6.71. The van der Waals surface area contributed by atoms with E-state index in [1.807, 2.05) is 12.1 Å². The van der Waals surface area contributed by atoms with Gasteiger partial charge in [-0.25, -0.2) is 0 Å². The molecule has 0 aliphatic rings. The first-order valence-corrected chi connectivity index (χ1v) is 9.54. The van der Waals surface area contributed by atoms with E-state index in [1.165, 1.54) is 17.3 Å². The van der Waals surface area contributed by atoms with Crippen LogP contribution < -0.4 is 5.32 Å².